The highest BCUT2D eigenvalue weighted by atomic mass is 16.5. The number of rotatable bonds is 8. The van der Waals surface area contributed by atoms with Gasteiger partial charge in [0.05, 0.1) is 33.0 Å². The predicted octanol–water partition coefficient (Wildman–Crippen LogP) is -2.13. The van der Waals surface area contributed by atoms with Gasteiger partial charge in [0.2, 0.25) is 0 Å². The minimum Gasteiger partial charge on any atom is -0.395 e. The van der Waals surface area contributed by atoms with Crippen LogP contribution >= 0.6 is 0 Å². The average Bonchev–Trinajstić information content (AvgIpc) is 2.24. The fourth-order valence-corrected chi connectivity index (χ4v) is 0.489. The maximum Gasteiger partial charge on any atom is 0.0701 e. The van der Waals surface area contributed by atoms with E-state index in [2.05, 4.69) is 0 Å². The highest BCUT2D eigenvalue weighted by Crippen LogP contribution is 1.75. The smallest absolute Gasteiger partial charge is 0.0701 e. The number of hydrogen-bond acceptors (Lipinski definition) is 6. The van der Waals surface area contributed by atoms with Crippen LogP contribution in [0.4, 0.5) is 0 Å². The van der Waals surface area contributed by atoms with Crippen LogP contribution in [0.25, 0.3) is 0 Å². The third kappa shape index (κ3) is 22.6. The topological polar surface area (TPSA) is 117 Å². The summed E-state index contributed by atoms with van der Waals surface area (Å²) in [7, 11) is 0. The molecule has 0 unspecified atom stereocenters. The van der Waals surface area contributed by atoms with Crippen molar-refractivity contribution in [2.75, 3.05) is 52.7 Å². The third-order valence-electron chi connectivity index (χ3n) is 1.03. The molecule has 88 valence electrons. The van der Waals surface area contributed by atoms with E-state index in [4.69, 9.17) is 31.8 Å². The zero-order valence-electron chi connectivity index (χ0n) is 8.65. The molecule has 0 saturated heterocycles. The molecule has 6 nitrogen and oxygen atoms in total. The van der Waals surface area contributed by atoms with Crippen molar-refractivity contribution in [3.8, 4) is 0 Å². The fourth-order valence-electron chi connectivity index (χ4n) is 0.489. The van der Waals surface area contributed by atoms with Crippen LogP contribution in [0.3, 0.4) is 0 Å². The van der Waals surface area contributed by atoms with Gasteiger partial charge >= 0.3 is 0 Å². The van der Waals surface area contributed by atoms with E-state index >= 15 is 0 Å². The SMILES string of the molecule is NCCO.NCCOCCOCCN. The standard InChI is InChI=1S/C6H16N2O2.C2H7NO/c7-1-3-9-5-6-10-4-2-8;3-1-2-4/h1-8H2;4H,1-3H2. The zero-order chi connectivity index (χ0) is 11.1. The van der Waals surface area contributed by atoms with Gasteiger partial charge in [0.25, 0.3) is 0 Å². The Morgan fingerprint density at radius 3 is 1.29 bits per heavy atom. The Kier molecular flexibility index (Phi) is 21.4. The van der Waals surface area contributed by atoms with Gasteiger partial charge in [-0.15, -0.1) is 0 Å². The summed E-state index contributed by atoms with van der Waals surface area (Å²) in [5.74, 6) is 0. The normalized spacial score (nSPS) is 9.43. The van der Waals surface area contributed by atoms with Crippen molar-refractivity contribution in [1.82, 2.24) is 0 Å². The monoisotopic (exact) mass is 209 g/mol. The summed E-state index contributed by atoms with van der Waals surface area (Å²) in [6.45, 7) is 4.03. The van der Waals surface area contributed by atoms with Crippen LogP contribution < -0.4 is 17.2 Å². The molecule has 0 spiro atoms. The molecule has 0 aromatic rings. The first-order valence-electron chi connectivity index (χ1n) is 4.70. The first-order chi connectivity index (χ1) is 6.83. The van der Waals surface area contributed by atoms with Crippen LogP contribution in [-0.2, 0) is 9.47 Å². The Labute approximate surface area is 85.3 Å². The molecule has 0 aliphatic rings. The summed E-state index contributed by atoms with van der Waals surface area (Å²) in [4.78, 5) is 0. The summed E-state index contributed by atoms with van der Waals surface area (Å²) in [6.07, 6.45) is 0. The number of ether oxygens (including phenoxy) is 2. The van der Waals surface area contributed by atoms with Gasteiger partial charge in [-0.1, -0.05) is 0 Å². The molecule has 0 aliphatic carbocycles. The molecule has 0 amide bonds. The van der Waals surface area contributed by atoms with Gasteiger partial charge in [-0.2, -0.15) is 0 Å². The molecule has 0 aliphatic heterocycles. The van der Waals surface area contributed by atoms with Crippen LogP contribution in [0.2, 0.25) is 0 Å². The van der Waals surface area contributed by atoms with Crippen LogP contribution in [0.15, 0.2) is 0 Å². The van der Waals surface area contributed by atoms with Gasteiger partial charge in [-0.25, -0.2) is 0 Å². The Balaban J connectivity index is 0. The first kappa shape index (κ1) is 16.2. The van der Waals surface area contributed by atoms with Crippen molar-refractivity contribution >= 4 is 0 Å². The van der Waals surface area contributed by atoms with Crippen LogP contribution in [0.5, 0.6) is 0 Å². The van der Waals surface area contributed by atoms with Crippen molar-refractivity contribution in [1.29, 1.82) is 0 Å². The molecule has 0 aromatic carbocycles. The number of hydrogen-bond donors (Lipinski definition) is 4. The molecule has 0 aromatic heterocycles. The lowest BCUT2D eigenvalue weighted by Gasteiger charge is -2.02. The molecule has 0 rings (SSSR count). The number of nitrogens with two attached hydrogens (primary N) is 3. The van der Waals surface area contributed by atoms with E-state index in [1.54, 1.807) is 0 Å². The maximum absolute atomic E-state index is 7.75. The Morgan fingerprint density at radius 1 is 0.714 bits per heavy atom. The van der Waals surface area contributed by atoms with Crippen molar-refractivity contribution in [2.24, 2.45) is 17.2 Å². The second-order valence-electron chi connectivity index (χ2n) is 2.31. The van der Waals surface area contributed by atoms with Gasteiger partial charge in [-0.3, -0.25) is 0 Å². The Morgan fingerprint density at radius 2 is 1.07 bits per heavy atom. The summed E-state index contributed by atoms with van der Waals surface area (Å²) in [5, 5.41) is 7.75. The van der Waals surface area contributed by atoms with Crippen molar-refractivity contribution in [3.05, 3.63) is 0 Å². The van der Waals surface area contributed by atoms with Crippen LogP contribution in [-0.4, -0.2) is 57.8 Å². The largest absolute Gasteiger partial charge is 0.395 e. The van der Waals surface area contributed by atoms with Crippen LogP contribution in [0.1, 0.15) is 0 Å². The van der Waals surface area contributed by atoms with Crippen molar-refractivity contribution in [2.45, 2.75) is 0 Å². The molecule has 0 bridgehead atoms. The lowest BCUT2D eigenvalue weighted by atomic mass is 10.7. The lowest BCUT2D eigenvalue weighted by molar-refractivity contribution is 0.0538. The van der Waals surface area contributed by atoms with E-state index in [1.165, 1.54) is 0 Å². The molecule has 0 radical (unpaired) electrons. The molecule has 6 heteroatoms. The van der Waals surface area contributed by atoms with E-state index in [-0.39, 0.29) is 6.61 Å². The quantitative estimate of drug-likeness (QED) is 0.339. The van der Waals surface area contributed by atoms with Crippen LogP contribution in [0, 0.1) is 0 Å². The maximum atomic E-state index is 7.75. The van der Waals surface area contributed by atoms with Crippen molar-refractivity contribution in [3.63, 3.8) is 0 Å². The lowest BCUT2D eigenvalue weighted by Crippen LogP contribution is -2.14. The minimum atomic E-state index is 0.0972. The average molecular weight is 209 g/mol. The van der Waals surface area contributed by atoms with E-state index in [0.717, 1.165) is 0 Å². The summed E-state index contributed by atoms with van der Waals surface area (Å²) in [5.41, 5.74) is 15.1. The third-order valence-corrected chi connectivity index (χ3v) is 1.03. The van der Waals surface area contributed by atoms with E-state index in [1.807, 2.05) is 0 Å². The fraction of sp³-hybridized carbons (Fsp3) is 1.00. The molecule has 7 N–H and O–H groups in total. The van der Waals surface area contributed by atoms with Gasteiger partial charge in [0.15, 0.2) is 0 Å². The highest BCUT2D eigenvalue weighted by molar-refractivity contribution is 4.34. The van der Waals surface area contributed by atoms with Gasteiger partial charge in [0, 0.05) is 19.6 Å². The molecule has 0 fully saturated rings. The van der Waals surface area contributed by atoms with Crippen molar-refractivity contribution < 1.29 is 14.6 Å². The van der Waals surface area contributed by atoms with E-state index in [9.17, 15) is 0 Å². The summed E-state index contributed by atoms with van der Waals surface area (Å²) in [6, 6.07) is 0. The molecule has 0 atom stereocenters. The Hall–Kier alpha value is -0.240. The number of aliphatic hydroxyl groups is 1. The highest BCUT2D eigenvalue weighted by Gasteiger charge is 1.85. The van der Waals surface area contributed by atoms with E-state index in [0.29, 0.717) is 46.1 Å². The molecule has 14 heavy (non-hydrogen) atoms. The second kappa shape index (κ2) is 18.5. The molecule has 0 heterocycles. The predicted molar refractivity (Wildman–Crippen MR) is 55.9 cm³/mol. The van der Waals surface area contributed by atoms with Gasteiger partial charge in [-0.05, 0) is 0 Å². The second-order valence-corrected chi connectivity index (χ2v) is 2.31. The molecule has 0 saturated carbocycles. The Bertz CT molecular complexity index is 76.2. The zero-order valence-corrected chi connectivity index (χ0v) is 8.65. The summed E-state index contributed by atoms with van der Waals surface area (Å²) >= 11 is 0. The van der Waals surface area contributed by atoms with Gasteiger partial charge < -0.3 is 31.8 Å². The first-order valence-corrected chi connectivity index (χ1v) is 4.70. The van der Waals surface area contributed by atoms with E-state index < -0.39 is 0 Å². The number of aliphatic hydroxyl groups excluding tert-OH is 1. The minimum absolute atomic E-state index is 0.0972. The van der Waals surface area contributed by atoms with Gasteiger partial charge in [0.1, 0.15) is 0 Å². The summed E-state index contributed by atoms with van der Waals surface area (Å²) < 4.78 is 10.1. The molecular weight excluding hydrogens is 186 g/mol. The molecular formula is C8H23N3O3.